The van der Waals surface area contributed by atoms with Crippen molar-refractivity contribution in [3.05, 3.63) is 65.2 Å². The van der Waals surface area contributed by atoms with Crippen molar-refractivity contribution >= 4 is 17.5 Å². The number of nitrogens with zero attached hydrogens (tertiary/aromatic N) is 1. The average molecular weight is 380 g/mol. The SMILES string of the molecule is CCCNC(=O)c1ccccc1N1CCC(NC(=O)c2ccccc2C)CC1. The van der Waals surface area contributed by atoms with Crippen LogP contribution in [0.1, 0.15) is 52.5 Å². The van der Waals surface area contributed by atoms with Gasteiger partial charge in [-0.1, -0.05) is 37.3 Å². The molecule has 148 valence electrons. The molecule has 0 aliphatic carbocycles. The standard InChI is InChI=1S/C23H29N3O2/c1-3-14-24-22(27)20-10-6-7-11-21(20)26-15-12-18(13-16-26)25-23(28)19-9-5-4-8-17(19)2/h4-11,18H,3,12-16H2,1-2H3,(H,24,27)(H,25,28). The number of carbonyl (C=O) groups is 2. The summed E-state index contributed by atoms with van der Waals surface area (Å²) in [5.41, 5.74) is 3.42. The normalized spacial score (nSPS) is 14.6. The van der Waals surface area contributed by atoms with Gasteiger partial charge < -0.3 is 15.5 Å². The predicted octanol–water partition coefficient (Wildman–Crippen LogP) is 3.53. The minimum Gasteiger partial charge on any atom is -0.371 e. The third-order valence-corrected chi connectivity index (χ3v) is 5.24. The van der Waals surface area contributed by atoms with E-state index in [1.165, 1.54) is 0 Å². The molecular weight excluding hydrogens is 350 g/mol. The Morgan fingerprint density at radius 2 is 1.61 bits per heavy atom. The maximum absolute atomic E-state index is 12.6. The van der Waals surface area contributed by atoms with Crippen molar-refractivity contribution < 1.29 is 9.59 Å². The highest BCUT2D eigenvalue weighted by Crippen LogP contribution is 2.24. The van der Waals surface area contributed by atoms with E-state index in [4.69, 9.17) is 0 Å². The third-order valence-electron chi connectivity index (χ3n) is 5.24. The van der Waals surface area contributed by atoms with Crippen molar-refractivity contribution in [3.63, 3.8) is 0 Å². The first-order chi connectivity index (χ1) is 13.6. The first-order valence-corrected chi connectivity index (χ1v) is 10.1. The third kappa shape index (κ3) is 4.71. The largest absolute Gasteiger partial charge is 0.371 e. The summed E-state index contributed by atoms with van der Waals surface area (Å²) in [7, 11) is 0. The second kappa shape index (κ2) is 9.40. The van der Waals surface area contributed by atoms with Gasteiger partial charge in [0.05, 0.1) is 5.56 Å². The summed E-state index contributed by atoms with van der Waals surface area (Å²) >= 11 is 0. The number of nitrogens with one attached hydrogen (secondary N) is 2. The number of piperidine rings is 1. The smallest absolute Gasteiger partial charge is 0.253 e. The lowest BCUT2D eigenvalue weighted by Gasteiger charge is -2.35. The Labute approximate surface area is 167 Å². The summed E-state index contributed by atoms with van der Waals surface area (Å²) in [4.78, 5) is 27.3. The number of rotatable bonds is 6. The molecule has 0 saturated carbocycles. The van der Waals surface area contributed by atoms with Crippen LogP contribution in [0, 0.1) is 6.92 Å². The summed E-state index contributed by atoms with van der Waals surface area (Å²) in [6.45, 7) is 6.31. The van der Waals surface area contributed by atoms with Gasteiger partial charge in [0.15, 0.2) is 0 Å². The second-order valence-corrected chi connectivity index (χ2v) is 7.32. The molecule has 0 bridgehead atoms. The number of aryl methyl sites for hydroxylation is 1. The van der Waals surface area contributed by atoms with Crippen LogP contribution in [0.15, 0.2) is 48.5 Å². The molecule has 1 aliphatic rings. The van der Waals surface area contributed by atoms with Gasteiger partial charge in [-0.15, -0.1) is 0 Å². The van der Waals surface area contributed by atoms with Crippen LogP contribution in [0.3, 0.4) is 0 Å². The fourth-order valence-electron chi connectivity index (χ4n) is 3.63. The number of para-hydroxylation sites is 1. The van der Waals surface area contributed by atoms with Gasteiger partial charge in [0.2, 0.25) is 0 Å². The fraction of sp³-hybridized carbons (Fsp3) is 0.391. The lowest BCUT2D eigenvalue weighted by molar-refractivity contribution is 0.0929. The summed E-state index contributed by atoms with van der Waals surface area (Å²) in [6.07, 6.45) is 2.64. The molecule has 0 aromatic heterocycles. The highest BCUT2D eigenvalue weighted by Gasteiger charge is 2.24. The Morgan fingerprint density at radius 3 is 2.29 bits per heavy atom. The number of hydrogen-bond donors (Lipinski definition) is 2. The van der Waals surface area contributed by atoms with Crippen LogP contribution >= 0.6 is 0 Å². The van der Waals surface area contributed by atoms with Crippen LogP contribution < -0.4 is 15.5 Å². The Balaban J connectivity index is 1.61. The molecule has 1 saturated heterocycles. The topological polar surface area (TPSA) is 61.4 Å². The number of carbonyl (C=O) groups excluding carboxylic acids is 2. The number of hydrogen-bond acceptors (Lipinski definition) is 3. The van der Waals surface area contributed by atoms with E-state index >= 15 is 0 Å². The monoisotopic (exact) mass is 379 g/mol. The van der Waals surface area contributed by atoms with E-state index in [1.54, 1.807) is 0 Å². The Hall–Kier alpha value is -2.82. The van der Waals surface area contributed by atoms with Crippen LogP contribution in [0.5, 0.6) is 0 Å². The average Bonchev–Trinajstić information content (AvgIpc) is 2.73. The molecule has 2 amide bonds. The molecule has 2 N–H and O–H groups in total. The van der Waals surface area contributed by atoms with Crippen LogP contribution in [0.2, 0.25) is 0 Å². The maximum atomic E-state index is 12.6. The van der Waals surface area contributed by atoms with Crippen molar-refractivity contribution in [1.29, 1.82) is 0 Å². The lowest BCUT2D eigenvalue weighted by atomic mass is 10.0. The zero-order chi connectivity index (χ0) is 19.9. The molecule has 1 aliphatic heterocycles. The van der Waals surface area contributed by atoms with E-state index in [-0.39, 0.29) is 17.9 Å². The van der Waals surface area contributed by atoms with E-state index < -0.39 is 0 Å². The summed E-state index contributed by atoms with van der Waals surface area (Å²) in [5.74, 6) is -0.0247. The first-order valence-electron chi connectivity index (χ1n) is 10.1. The van der Waals surface area contributed by atoms with Crippen LogP contribution in [0.4, 0.5) is 5.69 Å². The predicted molar refractivity (Wildman–Crippen MR) is 113 cm³/mol. The van der Waals surface area contributed by atoms with Gasteiger partial charge >= 0.3 is 0 Å². The maximum Gasteiger partial charge on any atom is 0.253 e. The Morgan fingerprint density at radius 1 is 0.964 bits per heavy atom. The van der Waals surface area contributed by atoms with Gasteiger partial charge in [0, 0.05) is 36.9 Å². The summed E-state index contributed by atoms with van der Waals surface area (Å²) < 4.78 is 0. The van der Waals surface area contributed by atoms with Crippen molar-refractivity contribution in [2.75, 3.05) is 24.5 Å². The fourth-order valence-corrected chi connectivity index (χ4v) is 3.63. The summed E-state index contributed by atoms with van der Waals surface area (Å²) in [5, 5.41) is 6.13. The molecule has 0 unspecified atom stereocenters. The molecule has 2 aromatic carbocycles. The molecule has 1 heterocycles. The van der Waals surface area contributed by atoms with E-state index in [9.17, 15) is 9.59 Å². The highest BCUT2D eigenvalue weighted by atomic mass is 16.2. The van der Waals surface area contributed by atoms with E-state index in [1.807, 2.05) is 62.4 Å². The molecular formula is C23H29N3O2. The van der Waals surface area contributed by atoms with E-state index in [2.05, 4.69) is 15.5 Å². The zero-order valence-corrected chi connectivity index (χ0v) is 16.7. The molecule has 28 heavy (non-hydrogen) atoms. The summed E-state index contributed by atoms with van der Waals surface area (Å²) in [6, 6.07) is 15.6. The van der Waals surface area contributed by atoms with E-state index in [0.29, 0.717) is 6.54 Å². The van der Waals surface area contributed by atoms with Gasteiger partial charge in [-0.3, -0.25) is 9.59 Å². The Kier molecular flexibility index (Phi) is 6.69. The lowest BCUT2D eigenvalue weighted by Crippen LogP contribution is -2.45. The zero-order valence-electron chi connectivity index (χ0n) is 16.7. The first kappa shape index (κ1) is 19.9. The van der Waals surface area contributed by atoms with Crippen molar-refractivity contribution in [1.82, 2.24) is 10.6 Å². The molecule has 5 nitrogen and oxygen atoms in total. The number of anilines is 1. The molecule has 3 rings (SSSR count). The Bertz CT molecular complexity index is 826. The minimum absolute atomic E-state index is 0.00380. The van der Waals surface area contributed by atoms with Gasteiger partial charge in [-0.2, -0.15) is 0 Å². The minimum atomic E-state index is -0.0209. The van der Waals surface area contributed by atoms with Crippen LogP contribution in [0.25, 0.3) is 0 Å². The van der Waals surface area contributed by atoms with Crippen LogP contribution in [-0.4, -0.2) is 37.5 Å². The molecule has 1 fully saturated rings. The van der Waals surface area contributed by atoms with Gasteiger partial charge in [0.25, 0.3) is 11.8 Å². The molecule has 0 radical (unpaired) electrons. The van der Waals surface area contributed by atoms with Crippen molar-refractivity contribution in [3.8, 4) is 0 Å². The number of benzene rings is 2. The van der Waals surface area contributed by atoms with Gasteiger partial charge in [-0.05, 0) is 49.9 Å². The van der Waals surface area contributed by atoms with Gasteiger partial charge in [-0.25, -0.2) is 0 Å². The molecule has 0 atom stereocenters. The highest BCUT2D eigenvalue weighted by molar-refractivity contribution is 6.00. The van der Waals surface area contributed by atoms with Crippen molar-refractivity contribution in [2.45, 2.75) is 39.2 Å². The van der Waals surface area contributed by atoms with Crippen molar-refractivity contribution in [2.24, 2.45) is 0 Å². The number of amides is 2. The van der Waals surface area contributed by atoms with Crippen LogP contribution in [-0.2, 0) is 0 Å². The molecule has 0 spiro atoms. The second-order valence-electron chi connectivity index (χ2n) is 7.32. The van der Waals surface area contributed by atoms with Gasteiger partial charge in [0.1, 0.15) is 0 Å². The van der Waals surface area contributed by atoms with E-state index in [0.717, 1.165) is 54.7 Å². The quantitative estimate of drug-likeness (QED) is 0.807. The molecule has 5 heteroatoms. The molecule has 2 aromatic rings.